The Labute approximate surface area is 169 Å². The van der Waals surface area contributed by atoms with Crippen LogP contribution in [0.5, 0.6) is 0 Å². The van der Waals surface area contributed by atoms with E-state index >= 15 is 0 Å². The number of amidine groups is 1. The van der Waals surface area contributed by atoms with Gasteiger partial charge in [0.25, 0.3) is 0 Å². The first kappa shape index (κ1) is 20.7. The molecule has 29 heavy (non-hydrogen) atoms. The molecule has 9 nitrogen and oxygen atoms in total. The van der Waals surface area contributed by atoms with Gasteiger partial charge in [-0.2, -0.15) is 5.10 Å². The summed E-state index contributed by atoms with van der Waals surface area (Å²) < 4.78 is 14.4. The molecule has 3 rings (SSSR count). The van der Waals surface area contributed by atoms with Gasteiger partial charge in [0.1, 0.15) is 17.9 Å². The van der Waals surface area contributed by atoms with Crippen molar-refractivity contribution < 1.29 is 9.18 Å². The topological polar surface area (TPSA) is 110 Å². The third-order valence-electron chi connectivity index (χ3n) is 4.65. The van der Waals surface area contributed by atoms with E-state index in [0.29, 0.717) is 30.2 Å². The van der Waals surface area contributed by atoms with Gasteiger partial charge in [-0.25, -0.2) is 14.2 Å². The molecule has 1 saturated heterocycles. The Bertz CT molecular complexity index is 816. The molecule has 156 valence electrons. The third kappa shape index (κ3) is 5.75. The van der Waals surface area contributed by atoms with Crippen LogP contribution >= 0.6 is 0 Å². The molecular formula is C19H27FN8O. The van der Waals surface area contributed by atoms with Crippen molar-refractivity contribution in [3.05, 3.63) is 35.3 Å². The second kappa shape index (κ2) is 9.99. The van der Waals surface area contributed by atoms with Crippen LogP contribution in [0, 0.1) is 5.82 Å². The summed E-state index contributed by atoms with van der Waals surface area (Å²) in [5.41, 5.74) is 7.38. The first-order chi connectivity index (χ1) is 14.1. The number of carbonyl (C=O) groups is 1. The van der Waals surface area contributed by atoms with E-state index < -0.39 is 11.8 Å². The highest BCUT2D eigenvalue weighted by atomic mass is 19.1. The summed E-state index contributed by atoms with van der Waals surface area (Å²) in [6, 6.07) is 4.11. The molecule has 0 atom stereocenters. The van der Waals surface area contributed by atoms with Crippen LogP contribution in [0.15, 0.2) is 34.0 Å². The minimum Gasteiger partial charge on any atom is -0.382 e. The standard InChI is InChI=1S/C19H27FN8O/c1-2-23-19(29)26-16-4-3-14(11-15(16)20)12-17-18(21)24-13-25-28(17)10-9-27-7-5-22-6-8-27/h3-4,11-13,22H,2,5-10H2,1H3,(H2,21,24,25)(H2,23,26,29)/b17-12+. The molecule has 2 heterocycles. The van der Waals surface area contributed by atoms with Crippen LogP contribution < -0.4 is 21.7 Å². The fourth-order valence-electron chi connectivity index (χ4n) is 3.12. The number of piperazine rings is 1. The lowest BCUT2D eigenvalue weighted by atomic mass is 10.1. The maximum Gasteiger partial charge on any atom is 0.319 e. The quantitative estimate of drug-likeness (QED) is 0.563. The third-order valence-corrected chi connectivity index (χ3v) is 4.65. The van der Waals surface area contributed by atoms with Crippen molar-refractivity contribution >= 4 is 30.0 Å². The van der Waals surface area contributed by atoms with Gasteiger partial charge in [0.15, 0.2) is 5.84 Å². The van der Waals surface area contributed by atoms with Crippen molar-refractivity contribution in [3.63, 3.8) is 0 Å². The number of halogens is 1. The zero-order valence-electron chi connectivity index (χ0n) is 16.5. The van der Waals surface area contributed by atoms with Crippen molar-refractivity contribution in [2.24, 2.45) is 15.8 Å². The number of nitrogens with two attached hydrogens (primary N) is 1. The average Bonchev–Trinajstić information content (AvgIpc) is 2.71. The fraction of sp³-hybridized carbons (Fsp3) is 0.421. The number of amides is 2. The smallest absolute Gasteiger partial charge is 0.319 e. The van der Waals surface area contributed by atoms with Crippen LogP contribution in [0.1, 0.15) is 12.5 Å². The molecule has 0 aromatic heterocycles. The minimum atomic E-state index is -0.534. The summed E-state index contributed by atoms with van der Waals surface area (Å²) in [4.78, 5) is 18.0. The number of rotatable bonds is 6. The Hall–Kier alpha value is -2.98. The van der Waals surface area contributed by atoms with Crippen LogP contribution in [0.2, 0.25) is 0 Å². The van der Waals surface area contributed by atoms with Gasteiger partial charge in [-0.3, -0.25) is 9.91 Å². The number of hydrazone groups is 1. The molecule has 1 aromatic rings. The number of hydrogen-bond acceptors (Lipinski definition) is 7. The molecule has 0 radical (unpaired) electrons. The summed E-state index contributed by atoms with van der Waals surface area (Å²) in [6.07, 6.45) is 3.16. The Balaban J connectivity index is 1.71. The maximum absolute atomic E-state index is 14.4. The lowest BCUT2D eigenvalue weighted by Gasteiger charge is -2.30. The monoisotopic (exact) mass is 402 g/mol. The lowest BCUT2D eigenvalue weighted by molar-refractivity contribution is 0.213. The summed E-state index contributed by atoms with van der Waals surface area (Å²) in [6.45, 7) is 7.68. The number of anilines is 1. The SMILES string of the molecule is CCNC(=O)Nc1ccc(/C=C2\C(N)=NC=NN2CCN2CCNCC2)cc1F. The molecule has 1 fully saturated rings. The van der Waals surface area contributed by atoms with E-state index in [9.17, 15) is 9.18 Å². The van der Waals surface area contributed by atoms with Gasteiger partial charge in [0.05, 0.1) is 12.2 Å². The first-order valence-corrected chi connectivity index (χ1v) is 9.69. The van der Waals surface area contributed by atoms with Gasteiger partial charge in [-0.15, -0.1) is 0 Å². The average molecular weight is 402 g/mol. The van der Waals surface area contributed by atoms with Gasteiger partial charge in [-0.1, -0.05) is 6.07 Å². The fourth-order valence-corrected chi connectivity index (χ4v) is 3.12. The highest BCUT2D eigenvalue weighted by Gasteiger charge is 2.18. The van der Waals surface area contributed by atoms with E-state index in [0.717, 1.165) is 32.7 Å². The van der Waals surface area contributed by atoms with Crippen molar-refractivity contribution in [1.29, 1.82) is 0 Å². The summed E-state index contributed by atoms with van der Waals surface area (Å²) >= 11 is 0. The van der Waals surface area contributed by atoms with Crippen molar-refractivity contribution in [2.45, 2.75) is 6.92 Å². The number of benzene rings is 1. The molecule has 0 saturated carbocycles. The number of nitrogens with one attached hydrogen (secondary N) is 3. The second-order valence-corrected chi connectivity index (χ2v) is 6.71. The number of nitrogens with zero attached hydrogens (tertiary/aromatic N) is 4. The van der Waals surface area contributed by atoms with Crippen LogP contribution in [-0.4, -0.2) is 73.9 Å². The highest BCUT2D eigenvalue weighted by molar-refractivity contribution is 6.04. The molecule has 0 aliphatic carbocycles. The molecular weight excluding hydrogens is 375 g/mol. The van der Waals surface area contributed by atoms with E-state index in [-0.39, 0.29) is 5.69 Å². The Kier molecular flexibility index (Phi) is 7.14. The van der Waals surface area contributed by atoms with Crippen LogP contribution in [-0.2, 0) is 0 Å². The molecule has 2 aliphatic rings. The molecule has 2 aliphatic heterocycles. The number of hydrogen-bond donors (Lipinski definition) is 4. The molecule has 10 heteroatoms. The molecule has 1 aromatic carbocycles. The zero-order valence-corrected chi connectivity index (χ0v) is 16.5. The molecule has 0 unspecified atom stereocenters. The van der Waals surface area contributed by atoms with Gasteiger partial charge in [0, 0.05) is 39.3 Å². The predicted octanol–water partition coefficient (Wildman–Crippen LogP) is 0.829. The number of urea groups is 1. The normalized spacial score (nSPS) is 18.6. The van der Waals surface area contributed by atoms with E-state index in [1.807, 2.05) is 0 Å². The van der Waals surface area contributed by atoms with E-state index in [2.05, 4.69) is 30.9 Å². The molecule has 0 bridgehead atoms. The minimum absolute atomic E-state index is 0.108. The maximum atomic E-state index is 14.4. The molecule has 0 spiro atoms. The Morgan fingerprint density at radius 1 is 1.34 bits per heavy atom. The summed E-state index contributed by atoms with van der Waals surface area (Å²) in [5.74, 6) is -0.210. The van der Waals surface area contributed by atoms with Crippen LogP contribution in [0.3, 0.4) is 0 Å². The summed E-state index contributed by atoms with van der Waals surface area (Å²) in [5, 5.41) is 14.5. The molecule has 2 amide bonds. The Morgan fingerprint density at radius 2 is 2.14 bits per heavy atom. The van der Waals surface area contributed by atoms with Crippen molar-refractivity contribution in [3.8, 4) is 0 Å². The first-order valence-electron chi connectivity index (χ1n) is 9.69. The van der Waals surface area contributed by atoms with Gasteiger partial charge in [0.2, 0.25) is 0 Å². The Morgan fingerprint density at radius 3 is 2.86 bits per heavy atom. The largest absolute Gasteiger partial charge is 0.382 e. The van der Waals surface area contributed by atoms with Gasteiger partial charge < -0.3 is 21.7 Å². The number of aliphatic imine (C=N–C) groups is 1. The van der Waals surface area contributed by atoms with Crippen molar-refractivity contribution in [2.75, 3.05) is 51.1 Å². The van der Waals surface area contributed by atoms with E-state index in [1.165, 1.54) is 18.5 Å². The van der Waals surface area contributed by atoms with E-state index in [1.54, 1.807) is 24.1 Å². The summed E-state index contributed by atoms with van der Waals surface area (Å²) in [7, 11) is 0. The highest BCUT2D eigenvalue weighted by Crippen LogP contribution is 2.20. The van der Waals surface area contributed by atoms with Crippen molar-refractivity contribution in [1.82, 2.24) is 20.5 Å². The second-order valence-electron chi connectivity index (χ2n) is 6.71. The lowest BCUT2D eigenvalue weighted by Crippen LogP contribution is -2.46. The van der Waals surface area contributed by atoms with Crippen LogP contribution in [0.25, 0.3) is 6.08 Å². The zero-order chi connectivity index (χ0) is 20.6. The van der Waals surface area contributed by atoms with Gasteiger partial charge in [-0.05, 0) is 30.7 Å². The predicted molar refractivity (Wildman–Crippen MR) is 113 cm³/mol. The number of carbonyl (C=O) groups excluding carboxylic acids is 1. The van der Waals surface area contributed by atoms with Crippen LogP contribution in [0.4, 0.5) is 14.9 Å². The van der Waals surface area contributed by atoms with Gasteiger partial charge >= 0.3 is 6.03 Å². The van der Waals surface area contributed by atoms with E-state index in [4.69, 9.17) is 5.73 Å². The molecule has 5 N–H and O–H groups in total.